The number of carboxylic acids is 1. The zero-order valence-corrected chi connectivity index (χ0v) is 17.1. The summed E-state index contributed by atoms with van der Waals surface area (Å²) in [4.78, 5) is 36.6. The molecule has 4 aromatic rings. The average Bonchev–Trinajstić information content (AvgIpc) is 3.20. The molecule has 0 aliphatic heterocycles. The Kier molecular flexibility index (Phi) is 4.89. The normalized spacial score (nSPS) is 18.7. The second-order valence-corrected chi connectivity index (χ2v) is 7.92. The minimum Gasteiger partial charge on any atom is -0.481 e. The molecule has 1 fully saturated rings. The number of nitrogens with zero attached hydrogens (tertiary/aromatic N) is 4. The van der Waals surface area contributed by atoms with Gasteiger partial charge in [0.25, 0.3) is 5.56 Å². The average molecular weight is 428 g/mol. The summed E-state index contributed by atoms with van der Waals surface area (Å²) >= 11 is 0. The summed E-state index contributed by atoms with van der Waals surface area (Å²) in [5.74, 6) is -1.97. The molecule has 0 saturated heterocycles. The highest BCUT2D eigenvalue weighted by Crippen LogP contribution is 2.34. The number of carboxylic acid groups (broad SMARTS) is 1. The van der Waals surface area contributed by atoms with Crippen molar-refractivity contribution in [3.63, 3.8) is 0 Å². The minimum absolute atomic E-state index is 0.0929. The van der Waals surface area contributed by atoms with Crippen molar-refractivity contribution in [3.8, 4) is 22.5 Å². The summed E-state index contributed by atoms with van der Waals surface area (Å²) in [5, 5.41) is 18.5. The monoisotopic (exact) mass is 428 g/mol. The molecule has 1 aromatic carbocycles. The third-order valence-electron chi connectivity index (χ3n) is 5.92. The molecule has 8 nitrogen and oxygen atoms in total. The molecule has 1 N–H and O–H groups in total. The van der Waals surface area contributed by atoms with Crippen LogP contribution in [0.1, 0.15) is 25.3 Å². The van der Waals surface area contributed by atoms with Gasteiger partial charge in [0.2, 0.25) is 0 Å². The fourth-order valence-electron chi connectivity index (χ4n) is 4.30. The molecule has 8 heteroatoms. The van der Waals surface area contributed by atoms with Crippen molar-refractivity contribution in [2.45, 2.75) is 25.3 Å². The van der Waals surface area contributed by atoms with E-state index in [9.17, 15) is 19.5 Å². The first kappa shape index (κ1) is 19.9. The molecule has 0 radical (unpaired) electrons. The van der Waals surface area contributed by atoms with Crippen molar-refractivity contribution in [2.75, 3.05) is 0 Å². The Balaban J connectivity index is 1.64. The van der Waals surface area contributed by atoms with Crippen molar-refractivity contribution in [2.24, 2.45) is 5.92 Å². The number of aromatic nitrogens is 4. The summed E-state index contributed by atoms with van der Waals surface area (Å²) in [7, 11) is 0. The lowest BCUT2D eigenvalue weighted by Gasteiger charge is -2.25. The molecule has 1 aliphatic rings. The van der Waals surface area contributed by atoms with Gasteiger partial charge in [-0.1, -0.05) is 36.4 Å². The van der Waals surface area contributed by atoms with Crippen LogP contribution in [0.4, 0.5) is 0 Å². The van der Waals surface area contributed by atoms with Gasteiger partial charge in [-0.15, -0.1) is 0 Å². The molecule has 0 bridgehead atoms. The van der Waals surface area contributed by atoms with Gasteiger partial charge in [0.1, 0.15) is 11.7 Å². The van der Waals surface area contributed by atoms with E-state index in [1.54, 1.807) is 10.6 Å². The third-order valence-corrected chi connectivity index (χ3v) is 5.92. The van der Waals surface area contributed by atoms with E-state index in [-0.39, 0.29) is 18.6 Å². The number of Topliss-reactive ketones (excluding diaryl/α,β-unsaturated/α-hetero) is 1. The zero-order chi connectivity index (χ0) is 22.2. The van der Waals surface area contributed by atoms with E-state index in [1.807, 2.05) is 54.7 Å². The summed E-state index contributed by atoms with van der Waals surface area (Å²) in [6.45, 7) is 0. The summed E-state index contributed by atoms with van der Waals surface area (Å²) in [6.07, 6.45) is 2.35. The topological polar surface area (TPSA) is 107 Å². The van der Waals surface area contributed by atoms with Crippen LogP contribution in [0.5, 0.6) is 0 Å². The van der Waals surface area contributed by atoms with Crippen molar-refractivity contribution in [3.05, 3.63) is 77.2 Å². The van der Waals surface area contributed by atoms with Crippen LogP contribution in [0.15, 0.2) is 71.7 Å². The number of pyridine rings is 1. The molecular formula is C24H20N4O4. The Morgan fingerprint density at radius 1 is 0.938 bits per heavy atom. The van der Waals surface area contributed by atoms with Crippen LogP contribution in [0.25, 0.3) is 28.0 Å². The highest BCUT2D eigenvalue weighted by atomic mass is 16.4. The Morgan fingerprint density at radius 2 is 1.72 bits per heavy atom. The van der Waals surface area contributed by atoms with Gasteiger partial charge in [0.15, 0.2) is 5.78 Å². The van der Waals surface area contributed by atoms with Crippen LogP contribution in [0, 0.1) is 5.92 Å². The van der Waals surface area contributed by atoms with E-state index < -0.39 is 23.5 Å². The maximum absolute atomic E-state index is 12.7. The van der Waals surface area contributed by atoms with E-state index >= 15 is 0 Å². The summed E-state index contributed by atoms with van der Waals surface area (Å²) < 4.78 is 2.97. The number of hydrogen-bond donors (Lipinski definition) is 1. The number of fused-ring (bicyclic) bond motifs is 1. The molecule has 2 atom stereocenters. The minimum atomic E-state index is -0.982. The van der Waals surface area contributed by atoms with Crippen LogP contribution in [-0.2, 0) is 9.59 Å². The number of rotatable bonds is 4. The molecule has 160 valence electrons. The zero-order valence-electron chi connectivity index (χ0n) is 17.1. The van der Waals surface area contributed by atoms with E-state index in [4.69, 9.17) is 5.10 Å². The lowest BCUT2D eigenvalue weighted by Crippen LogP contribution is -2.37. The van der Waals surface area contributed by atoms with Gasteiger partial charge in [-0.2, -0.15) is 10.2 Å². The molecule has 0 spiro atoms. The second kappa shape index (κ2) is 7.88. The fourth-order valence-corrected chi connectivity index (χ4v) is 4.30. The van der Waals surface area contributed by atoms with E-state index in [0.717, 1.165) is 22.3 Å². The van der Waals surface area contributed by atoms with Gasteiger partial charge >= 0.3 is 5.97 Å². The second-order valence-electron chi connectivity index (χ2n) is 7.92. The van der Waals surface area contributed by atoms with Crippen LogP contribution in [-0.4, -0.2) is 36.3 Å². The summed E-state index contributed by atoms with van der Waals surface area (Å²) in [6, 6.07) is 17.7. The smallest absolute Gasteiger partial charge is 0.306 e. The van der Waals surface area contributed by atoms with Gasteiger partial charge < -0.3 is 5.11 Å². The van der Waals surface area contributed by atoms with E-state index in [2.05, 4.69) is 5.10 Å². The third kappa shape index (κ3) is 3.39. The molecular weight excluding hydrogens is 408 g/mol. The molecule has 3 aromatic heterocycles. The number of aliphatic carboxylic acids is 1. The van der Waals surface area contributed by atoms with Gasteiger partial charge in [-0.25, -0.2) is 9.20 Å². The van der Waals surface area contributed by atoms with Gasteiger partial charge in [0, 0.05) is 24.2 Å². The SMILES string of the molecule is O=C(O)C1CCC(n2nc(-c3c(-c4ccccc4)nn4ccccc34)ccc2=O)C(=O)C1. The van der Waals surface area contributed by atoms with Gasteiger partial charge in [-0.05, 0) is 31.0 Å². The Labute approximate surface area is 182 Å². The number of carbonyl (C=O) groups is 2. The maximum Gasteiger partial charge on any atom is 0.306 e. The highest BCUT2D eigenvalue weighted by molar-refractivity contribution is 5.91. The van der Waals surface area contributed by atoms with Crippen molar-refractivity contribution >= 4 is 17.3 Å². The standard InChI is InChI=1S/C24H20N4O4/c29-20-14-16(24(31)32)9-11-18(20)28-21(30)12-10-17(25-28)22-19-8-4-5-13-27(19)26-23(22)15-6-2-1-3-7-15/h1-8,10,12-13,16,18H,9,11,14H2,(H,31,32). The molecule has 1 aliphatic carbocycles. The predicted octanol–water partition coefficient (Wildman–Crippen LogP) is 3.22. The largest absolute Gasteiger partial charge is 0.481 e. The van der Waals surface area contributed by atoms with Crippen LogP contribution in [0.3, 0.4) is 0 Å². The number of benzene rings is 1. The van der Waals surface area contributed by atoms with Crippen LogP contribution >= 0.6 is 0 Å². The quantitative estimate of drug-likeness (QED) is 0.535. The van der Waals surface area contributed by atoms with Crippen LogP contribution < -0.4 is 5.56 Å². The molecule has 5 rings (SSSR count). The van der Waals surface area contributed by atoms with Crippen LogP contribution in [0.2, 0.25) is 0 Å². The van der Waals surface area contributed by atoms with Gasteiger partial charge in [0.05, 0.1) is 22.7 Å². The first-order chi connectivity index (χ1) is 15.5. The Morgan fingerprint density at radius 3 is 2.47 bits per heavy atom. The van der Waals surface area contributed by atoms with E-state index in [1.165, 1.54) is 10.7 Å². The number of carbonyl (C=O) groups excluding carboxylic acids is 1. The Bertz CT molecular complexity index is 1390. The van der Waals surface area contributed by atoms with Gasteiger partial charge in [-0.3, -0.25) is 14.4 Å². The lowest BCUT2D eigenvalue weighted by atomic mass is 9.85. The number of hydrogen-bond acceptors (Lipinski definition) is 5. The number of ketones is 1. The maximum atomic E-state index is 12.7. The van der Waals surface area contributed by atoms with Crippen molar-refractivity contribution < 1.29 is 14.7 Å². The van der Waals surface area contributed by atoms with Crippen molar-refractivity contribution in [1.82, 2.24) is 19.4 Å². The van der Waals surface area contributed by atoms with Crippen molar-refractivity contribution in [1.29, 1.82) is 0 Å². The first-order valence-corrected chi connectivity index (χ1v) is 10.4. The molecule has 32 heavy (non-hydrogen) atoms. The Hall–Kier alpha value is -4.07. The first-order valence-electron chi connectivity index (χ1n) is 10.4. The fraction of sp³-hybridized carbons (Fsp3) is 0.208. The molecule has 1 saturated carbocycles. The van der Waals surface area contributed by atoms with E-state index in [0.29, 0.717) is 12.1 Å². The summed E-state index contributed by atoms with van der Waals surface area (Å²) in [5.41, 5.74) is 3.35. The molecule has 0 amide bonds. The highest BCUT2D eigenvalue weighted by Gasteiger charge is 2.34. The molecule has 3 heterocycles. The lowest BCUT2D eigenvalue weighted by molar-refractivity contribution is -0.146. The molecule has 2 unspecified atom stereocenters. The predicted molar refractivity (Wildman–Crippen MR) is 117 cm³/mol.